The first-order valence-electron chi connectivity index (χ1n) is 23.2. The van der Waals surface area contributed by atoms with E-state index in [4.69, 9.17) is 4.99 Å². The van der Waals surface area contributed by atoms with Gasteiger partial charge in [0, 0.05) is 47.7 Å². The molecular weight excluding hydrogens is 787 g/mol. The highest BCUT2D eigenvalue weighted by molar-refractivity contribution is 7.26. The SMILES string of the molecule is c1ccc(C2Cc3c(sc4ccccc34)C(c3cccc4c3sc3ccc(-c5ccc6c(c5)-c5cc7c(cc5C65CCCCC5)-c5ccccc5C75CCCCC5)cc34)=N2)cc1. The smallest absolute Gasteiger partial charge is 0.0844 e. The average Bonchev–Trinajstić information content (AvgIpc) is 4.05. The van der Waals surface area contributed by atoms with Crippen molar-refractivity contribution in [1.29, 1.82) is 0 Å². The number of thiophene rings is 2. The van der Waals surface area contributed by atoms with Crippen LogP contribution in [0.1, 0.15) is 114 Å². The zero-order chi connectivity index (χ0) is 40.6. The first kappa shape index (κ1) is 35.9. The van der Waals surface area contributed by atoms with Crippen molar-refractivity contribution in [2.45, 2.75) is 87.5 Å². The molecule has 0 radical (unpaired) electrons. The fourth-order valence-corrected chi connectivity index (χ4v) is 15.6. The quantitative estimate of drug-likeness (QED) is 0.168. The summed E-state index contributed by atoms with van der Waals surface area (Å²) in [6, 6.07) is 56.6. The Labute approximate surface area is 371 Å². The highest BCUT2D eigenvalue weighted by atomic mass is 32.1. The van der Waals surface area contributed by atoms with Crippen LogP contribution in [0.4, 0.5) is 0 Å². The largest absolute Gasteiger partial charge is 0.275 e. The minimum Gasteiger partial charge on any atom is -0.275 e. The number of hydrogen-bond donors (Lipinski definition) is 0. The van der Waals surface area contributed by atoms with Gasteiger partial charge in [-0.25, -0.2) is 0 Å². The first-order valence-corrected chi connectivity index (χ1v) is 24.8. The third-order valence-electron chi connectivity index (χ3n) is 16.0. The highest BCUT2D eigenvalue weighted by Gasteiger charge is 2.49. The van der Waals surface area contributed by atoms with Gasteiger partial charge in [-0.15, -0.1) is 22.7 Å². The molecule has 2 saturated carbocycles. The number of nitrogens with zero attached hydrogens (tertiary/aromatic N) is 1. The molecule has 300 valence electrons. The van der Waals surface area contributed by atoms with Gasteiger partial charge in [-0.05, 0) is 134 Å². The van der Waals surface area contributed by atoms with E-state index >= 15 is 0 Å². The molecule has 1 nitrogen and oxygen atoms in total. The van der Waals surface area contributed by atoms with Crippen molar-refractivity contribution in [3.63, 3.8) is 0 Å². The monoisotopic (exact) mass is 833 g/mol. The topological polar surface area (TPSA) is 12.4 Å². The van der Waals surface area contributed by atoms with E-state index in [1.807, 2.05) is 22.7 Å². The molecule has 2 aromatic heterocycles. The minimum atomic E-state index is 0.0928. The lowest BCUT2D eigenvalue weighted by Crippen LogP contribution is -2.29. The Morgan fingerprint density at radius 1 is 0.435 bits per heavy atom. The lowest BCUT2D eigenvalue weighted by atomic mass is 9.66. The van der Waals surface area contributed by atoms with Crippen molar-refractivity contribution in [3.05, 3.63) is 189 Å². The Balaban J connectivity index is 0.913. The third-order valence-corrected chi connectivity index (χ3v) is 18.5. The fourth-order valence-electron chi connectivity index (χ4n) is 13.2. The van der Waals surface area contributed by atoms with Crippen molar-refractivity contribution in [2.24, 2.45) is 4.99 Å². The van der Waals surface area contributed by atoms with Gasteiger partial charge in [-0.3, -0.25) is 4.99 Å². The zero-order valence-corrected chi connectivity index (χ0v) is 36.6. The number of hydrogen-bond acceptors (Lipinski definition) is 3. The third kappa shape index (κ3) is 4.98. The maximum absolute atomic E-state index is 5.63. The van der Waals surface area contributed by atoms with Crippen LogP contribution in [0.15, 0.2) is 151 Å². The molecule has 9 aromatic rings. The van der Waals surface area contributed by atoms with Crippen LogP contribution in [0.5, 0.6) is 0 Å². The van der Waals surface area contributed by atoms with E-state index in [-0.39, 0.29) is 16.9 Å². The van der Waals surface area contributed by atoms with Crippen LogP contribution in [0, 0.1) is 0 Å². The van der Waals surface area contributed by atoms with Crippen molar-refractivity contribution < 1.29 is 0 Å². The van der Waals surface area contributed by atoms with Crippen LogP contribution in [-0.2, 0) is 17.3 Å². The zero-order valence-electron chi connectivity index (χ0n) is 35.0. The van der Waals surface area contributed by atoms with Crippen molar-refractivity contribution in [3.8, 4) is 33.4 Å². The first-order chi connectivity index (χ1) is 30.7. The van der Waals surface area contributed by atoms with Gasteiger partial charge in [-0.2, -0.15) is 0 Å². The van der Waals surface area contributed by atoms with E-state index in [9.17, 15) is 0 Å². The second kappa shape index (κ2) is 13.4. The number of fused-ring (bicyclic) bond motifs is 16. The molecule has 3 heterocycles. The van der Waals surface area contributed by atoms with Gasteiger partial charge in [0.25, 0.3) is 0 Å². The van der Waals surface area contributed by atoms with Gasteiger partial charge in [0.15, 0.2) is 0 Å². The van der Waals surface area contributed by atoms with Gasteiger partial charge in [-0.1, -0.05) is 148 Å². The predicted octanol–water partition coefficient (Wildman–Crippen LogP) is 16.5. The Bertz CT molecular complexity index is 3350. The van der Waals surface area contributed by atoms with Crippen LogP contribution in [0.3, 0.4) is 0 Å². The van der Waals surface area contributed by atoms with Crippen LogP contribution in [0.25, 0.3) is 63.6 Å². The van der Waals surface area contributed by atoms with Crippen molar-refractivity contribution in [2.75, 3.05) is 0 Å². The van der Waals surface area contributed by atoms with Gasteiger partial charge in [0.05, 0.1) is 16.6 Å². The Morgan fingerprint density at radius 2 is 1.05 bits per heavy atom. The molecule has 62 heavy (non-hydrogen) atoms. The normalized spacial score (nSPS) is 19.1. The predicted molar refractivity (Wildman–Crippen MR) is 264 cm³/mol. The molecule has 0 bridgehead atoms. The summed E-state index contributed by atoms with van der Waals surface area (Å²) in [5.74, 6) is 0. The van der Waals surface area contributed by atoms with Crippen molar-refractivity contribution >= 4 is 58.6 Å². The van der Waals surface area contributed by atoms with E-state index in [2.05, 4.69) is 146 Å². The molecular formula is C59H47NS2. The number of rotatable bonds is 3. The summed E-state index contributed by atoms with van der Waals surface area (Å²) >= 11 is 3.84. The Morgan fingerprint density at radius 3 is 1.85 bits per heavy atom. The van der Waals surface area contributed by atoms with Crippen LogP contribution in [0.2, 0.25) is 0 Å². The van der Waals surface area contributed by atoms with Crippen LogP contribution in [-0.4, -0.2) is 5.71 Å². The van der Waals surface area contributed by atoms with Crippen molar-refractivity contribution in [1.82, 2.24) is 0 Å². The molecule has 1 atom stereocenters. The van der Waals surface area contributed by atoms with E-state index in [0.717, 1.165) is 12.1 Å². The lowest BCUT2D eigenvalue weighted by Gasteiger charge is -2.37. The van der Waals surface area contributed by atoms with Gasteiger partial charge in [0.1, 0.15) is 0 Å². The van der Waals surface area contributed by atoms with Crippen LogP contribution < -0.4 is 0 Å². The maximum Gasteiger partial charge on any atom is 0.0844 e. The Hall–Kier alpha value is -5.61. The molecule has 2 spiro atoms. The molecule has 1 unspecified atom stereocenters. The van der Waals surface area contributed by atoms with Gasteiger partial charge >= 0.3 is 0 Å². The second-order valence-corrected chi connectivity index (χ2v) is 21.1. The molecule has 0 N–H and O–H groups in total. The molecule has 14 rings (SSSR count). The van der Waals surface area contributed by atoms with E-state index in [1.54, 1.807) is 22.3 Å². The Kier molecular flexibility index (Phi) is 7.79. The fraction of sp³-hybridized carbons (Fsp3) is 0.237. The molecule has 5 aliphatic rings. The summed E-state index contributed by atoms with van der Waals surface area (Å²) in [4.78, 5) is 6.96. The van der Waals surface area contributed by atoms with Crippen LogP contribution >= 0.6 is 22.7 Å². The second-order valence-electron chi connectivity index (χ2n) is 19.0. The molecule has 2 fully saturated rings. The van der Waals surface area contributed by atoms with E-state index in [0.29, 0.717) is 0 Å². The summed E-state index contributed by atoms with van der Waals surface area (Å²) in [5, 5.41) is 4.05. The highest BCUT2D eigenvalue weighted by Crippen LogP contribution is 2.62. The summed E-state index contributed by atoms with van der Waals surface area (Å²) in [7, 11) is 0. The molecule has 1 aliphatic heterocycles. The summed E-state index contributed by atoms with van der Waals surface area (Å²) in [6.45, 7) is 0. The number of benzene rings is 7. The molecule has 3 heteroatoms. The number of aliphatic imine (C=N–C) groups is 1. The average molecular weight is 834 g/mol. The minimum absolute atomic E-state index is 0.0928. The molecule has 4 aliphatic carbocycles. The molecule has 0 saturated heterocycles. The van der Waals surface area contributed by atoms with Gasteiger partial charge in [0.2, 0.25) is 0 Å². The standard InChI is InChI=1S/C59H47NS2/c1-4-15-36(16-5-1)52-35-47-40-18-7-9-22-53(40)62-57(47)55(60-52)42-20-14-19-41-46-32-38(24-26-54(46)61-56(41)42)37-23-25-49-43(31-37)45-34-50-44(33-51(45)59(49)29-12-3-13-30-59)39-17-6-8-21-48(39)58(50)27-10-2-11-28-58/h1,4-9,14-26,31-34,52H,2-3,10-13,27-30,35H2. The maximum atomic E-state index is 5.63. The summed E-state index contributed by atoms with van der Waals surface area (Å²) in [6.07, 6.45) is 14.0. The summed E-state index contributed by atoms with van der Waals surface area (Å²) in [5.41, 5.74) is 20.5. The molecule has 7 aromatic carbocycles. The summed E-state index contributed by atoms with van der Waals surface area (Å²) < 4.78 is 4.02. The molecule has 0 amide bonds. The van der Waals surface area contributed by atoms with E-state index in [1.165, 1.54) is 149 Å². The lowest BCUT2D eigenvalue weighted by molar-refractivity contribution is 0.350. The van der Waals surface area contributed by atoms with E-state index < -0.39 is 0 Å². The van der Waals surface area contributed by atoms with Gasteiger partial charge < -0.3 is 0 Å².